The van der Waals surface area contributed by atoms with Crippen molar-refractivity contribution in [3.05, 3.63) is 63.0 Å². The molecule has 0 spiro atoms. The van der Waals surface area contributed by atoms with E-state index in [0.29, 0.717) is 23.8 Å². The Morgan fingerprint density at radius 2 is 2.00 bits per heavy atom. The van der Waals surface area contributed by atoms with Gasteiger partial charge >= 0.3 is 0 Å². The zero-order valence-corrected chi connectivity index (χ0v) is 15.5. The number of aromatic nitrogens is 1. The van der Waals surface area contributed by atoms with E-state index in [1.165, 1.54) is 6.07 Å². The highest BCUT2D eigenvalue weighted by molar-refractivity contribution is 7.99. The minimum atomic E-state index is -0.306. The number of carbonyl (C=O) groups excluding carboxylic acids is 1. The quantitative estimate of drug-likeness (QED) is 0.821. The Kier molecular flexibility index (Phi) is 5.71. The molecule has 2 aromatic rings. The number of aryl methyl sites for hydroxylation is 1. The first-order chi connectivity index (χ1) is 12.1. The van der Waals surface area contributed by atoms with Crippen molar-refractivity contribution in [2.45, 2.75) is 6.61 Å². The lowest BCUT2D eigenvalue weighted by molar-refractivity contribution is 0.0761. The molecule has 7 heteroatoms. The summed E-state index contributed by atoms with van der Waals surface area (Å²) in [7, 11) is 1.74. The van der Waals surface area contributed by atoms with E-state index < -0.39 is 0 Å². The number of ether oxygens (including phenoxy) is 1. The van der Waals surface area contributed by atoms with Crippen LogP contribution >= 0.6 is 23.4 Å². The van der Waals surface area contributed by atoms with Crippen LogP contribution in [0.1, 0.15) is 16.1 Å². The van der Waals surface area contributed by atoms with E-state index in [2.05, 4.69) is 0 Å². The molecule has 3 rings (SSSR count). The van der Waals surface area contributed by atoms with E-state index in [1.54, 1.807) is 28.8 Å². The van der Waals surface area contributed by atoms with Crippen molar-refractivity contribution >= 4 is 29.3 Å². The fourth-order valence-corrected chi connectivity index (χ4v) is 3.72. The first-order valence-electron chi connectivity index (χ1n) is 8.00. The van der Waals surface area contributed by atoms with Crippen molar-refractivity contribution in [1.82, 2.24) is 9.47 Å². The average molecular weight is 379 g/mol. The lowest BCUT2D eigenvalue weighted by Gasteiger charge is -2.27. The molecule has 0 radical (unpaired) electrons. The Balaban J connectivity index is 1.77. The van der Waals surface area contributed by atoms with E-state index >= 15 is 0 Å². The molecular weight excluding hydrogens is 360 g/mol. The molecular formula is C18H19ClN2O3S. The van der Waals surface area contributed by atoms with E-state index in [1.807, 2.05) is 30.0 Å². The maximum absolute atomic E-state index is 12.6. The topological polar surface area (TPSA) is 51.5 Å². The van der Waals surface area contributed by atoms with Gasteiger partial charge in [-0.3, -0.25) is 9.59 Å². The van der Waals surface area contributed by atoms with Gasteiger partial charge in [0, 0.05) is 48.3 Å². The fourth-order valence-electron chi connectivity index (χ4n) is 2.63. The molecule has 0 bridgehead atoms. The van der Waals surface area contributed by atoms with Gasteiger partial charge in [0.1, 0.15) is 12.3 Å². The van der Waals surface area contributed by atoms with Crippen LogP contribution in [0.4, 0.5) is 0 Å². The number of halogens is 1. The minimum Gasteiger partial charge on any atom is -0.483 e. The molecule has 1 aromatic heterocycles. The normalized spacial score (nSPS) is 14.4. The summed E-state index contributed by atoms with van der Waals surface area (Å²) in [6.07, 6.45) is 1.56. The molecule has 0 N–H and O–H groups in total. The van der Waals surface area contributed by atoms with Gasteiger partial charge in [-0.05, 0) is 6.07 Å². The van der Waals surface area contributed by atoms with Crippen molar-refractivity contribution in [3.8, 4) is 5.75 Å². The second kappa shape index (κ2) is 7.97. The number of thioether (sulfide) groups is 1. The van der Waals surface area contributed by atoms with Crippen molar-refractivity contribution < 1.29 is 9.53 Å². The van der Waals surface area contributed by atoms with Gasteiger partial charge < -0.3 is 14.2 Å². The molecule has 0 atom stereocenters. The molecule has 0 saturated carbocycles. The van der Waals surface area contributed by atoms with E-state index in [-0.39, 0.29) is 23.7 Å². The van der Waals surface area contributed by atoms with E-state index in [0.717, 1.165) is 17.1 Å². The van der Waals surface area contributed by atoms with Crippen molar-refractivity contribution in [1.29, 1.82) is 0 Å². The number of carbonyl (C=O) groups is 1. The fraction of sp³-hybridized carbons (Fsp3) is 0.333. The zero-order chi connectivity index (χ0) is 17.8. The number of amides is 1. The van der Waals surface area contributed by atoms with Crippen molar-refractivity contribution in [2.75, 3.05) is 24.6 Å². The van der Waals surface area contributed by atoms with Gasteiger partial charge in [-0.15, -0.1) is 0 Å². The number of hydrogen-bond acceptors (Lipinski definition) is 4. The lowest BCUT2D eigenvalue weighted by atomic mass is 10.2. The highest BCUT2D eigenvalue weighted by Crippen LogP contribution is 2.18. The molecule has 1 amide bonds. The first-order valence-corrected chi connectivity index (χ1v) is 9.53. The molecule has 5 nitrogen and oxygen atoms in total. The maximum atomic E-state index is 12.6. The summed E-state index contributed by atoms with van der Waals surface area (Å²) in [4.78, 5) is 26.7. The third-order valence-electron chi connectivity index (χ3n) is 4.06. The second-order valence-electron chi connectivity index (χ2n) is 5.78. The van der Waals surface area contributed by atoms with Crippen LogP contribution in [-0.4, -0.2) is 40.0 Å². The Labute approximate surface area is 155 Å². The molecule has 1 aliphatic heterocycles. The molecule has 1 fully saturated rings. The smallest absolute Gasteiger partial charge is 0.270 e. The van der Waals surface area contributed by atoms with Gasteiger partial charge in [0.25, 0.3) is 5.91 Å². The molecule has 2 heterocycles. The third-order valence-corrected chi connectivity index (χ3v) is 5.37. The van der Waals surface area contributed by atoms with Crippen LogP contribution in [0.15, 0.2) is 41.3 Å². The summed E-state index contributed by atoms with van der Waals surface area (Å²) < 4.78 is 7.26. The Hall–Kier alpha value is -1.92. The highest BCUT2D eigenvalue weighted by atomic mass is 35.5. The summed E-state index contributed by atoms with van der Waals surface area (Å²) in [6, 6.07) is 8.67. The highest BCUT2D eigenvalue weighted by Gasteiger charge is 2.21. The van der Waals surface area contributed by atoms with Crippen LogP contribution in [0.3, 0.4) is 0 Å². The number of benzene rings is 1. The summed E-state index contributed by atoms with van der Waals surface area (Å²) in [6.45, 7) is 1.62. The summed E-state index contributed by atoms with van der Waals surface area (Å²) in [5.41, 5.74) is 0.874. The van der Waals surface area contributed by atoms with Crippen molar-refractivity contribution in [3.63, 3.8) is 0 Å². The Bertz CT molecular complexity index is 831. The standard InChI is InChI=1S/C18H19ClN2O3S/c1-20-11-17(24-12-13-4-2-3-5-14(13)19)16(22)10-15(20)18(23)21-6-8-25-9-7-21/h2-5,10-11H,6-9,12H2,1H3. The van der Waals surface area contributed by atoms with Gasteiger partial charge in [0.15, 0.2) is 5.75 Å². The van der Waals surface area contributed by atoms with Gasteiger partial charge in [-0.25, -0.2) is 0 Å². The van der Waals surface area contributed by atoms with Crippen LogP contribution in [0, 0.1) is 0 Å². The molecule has 1 aliphatic rings. The summed E-state index contributed by atoms with van der Waals surface area (Å²) >= 11 is 7.93. The van der Waals surface area contributed by atoms with Crippen LogP contribution in [0.25, 0.3) is 0 Å². The Morgan fingerprint density at radius 3 is 2.72 bits per heavy atom. The monoisotopic (exact) mass is 378 g/mol. The average Bonchev–Trinajstić information content (AvgIpc) is 2.63. The maximum Gasteiger partial charge on any atom is 0.270 e. The van der Waals surface area contributed by atoms with Crippen molar-refractivity contribution in [2.24, 2.45) is 7.05 Å². The lowest BCUT2D eigenvalue weighted by Crippen LogP contribution is -2.39. The predicted octanol–water partition coefficient (Wildman–Crippen LogP) is 2.81. The van der Waals surface area contributed by atoms with Crippen LogP contribution in [0.2, 0.25) is 5.02 Å². The second-order valence-corrected chi connectivity index (χ2v) is 7.41. The van der Waals surface area contributed by atoms with Crippen LogP contribution in [0.5, 0.6) is 5.75 Å². The predicted molar refractivity (Wildman–Crippen MR) is 101 cm³/mol. The molecule has 1 aromatic carbocycles. The van der Waals surface area contributed by atoms with Gasteiger partial charge in [-0.2, -0.15) is 11.8 Å². The SMILES string of the molecule is Cn1cc(OCc2ccccc2Cl)c(=O)cc1C(=O)N1CCSCC1. The molecule has 1 saturated heterocycles. The largest absolute Gasteiger partial charge is 0.483 e. The molecule has 132 valence electrons. The van der Waals surface area contributed by atoms with Crippen LogP contribution in [-0.2, 0) is 13.7 Å². The zero-order valence-electron chi connectivity index (χ0n) is 13.9. The summed E-state index contributed by atoms with van der Waals surface area (Å²) in [5, 5.41) is 0.592. The third kappa shape index (κ3) is 4.19. The van der Waals surface area contributed by atoms with E-state index in [4.69, 9.17) is 16.3 Å². The molecule has 0 unspecified atom stereocenters. The minimum absolute atomic E-state index is 0.113. The molecule has 0 aliphatic carbocycles. The molecule has 25 heavy (non-hydrogen) atoms. The Morgan fingerprint density at radius 1 is 1.28 bits per heavy atom. The van der Waals surface area contributed by atoms with E-state index in [9.17, 15) is 9.59 Å². The van der Waals surface area contributed by atoms with Gasteiger partial charge in [0.2, 0.25) is 5.43 Å². The first kappa shape index (κ1) is 17.9. The summed E-state index contributed by atoms with van der Waals surface area (Å²) in [5.74, 6) is 1.95. The number of pyridine rings is 1. The number of hydrogen-bond donors (Lipinski definition) is 0. The van der Waals surface area contributed by atoms with Gasteiger partial charge in [0.05, 0.1) is 6.20 Å². The van der Waals surface area contributed by atoms with Gasteiger partial charge in [-0.1, -0.05) is 29.8 Å². The van der Waals surface area contributed by atoms with Crippen LogP contribution < -0.4 is 10.2 Å². The number of nitrogens with zero attached hydrogens (tertiary/aromatic N) is 2. The number of rotatable bonds is 4.